The van der Waals surface area contributed by atoms with E-state index in [0.717, 1.165) is 94.6 Å². The van der Waals surface area contributed by atoms with Gasteiger partial charge in [-0.2, -0.15) is 21.0 Å². The van der Waals surface area contributed by atoms with Crippen LogP contribution in [-0.4, -0.2) is 226 Å². The number of thiocyanates is 1. The zero-order chi connectivity index (χ0) is 102. The van der Waals surface area contributed by atoms with Crippen molar-refractivity contribution in [3.05, 3.63) is 253 Å². The molecule has 47 heteroatoms. The number of alkyl halides is 1. The van der Waals surface area contributed by atoms with Crippen LogP contribution in [0.1, 0.15) is 48.2 Å². The fourth-order valence-corrected chi connectivity index (χ4v) is 14.1. The molecule has 35 nitrogen and oxygen atoms in total. The topological polar surface area (TPSA) is 496 Å². The number of hydrogen-bond acceptors (Lipinski definition) is 34. The van der Waals surface area contributed by atoms with Gasteiger partial charge in [0.15, 0.2) is 16.7 Å². The van der Waals surface area contributed by atoms with Gasteiger partial charge in [-0.3, -0.25) is 48.2 Å². The van der Waals surface area contributed by atoms with Gasteiger partial charge in [0.2, 0.25) is 11.8 Å². The fourth-order valence-electron chi connectivity index (χ4n) is 10.6. The first-order chi connectivity index (χ1) is 64.6. The van der Waals surface area contributed by atoms with Crippen molar-refractivity contribution in [3.63, 3.8) is 0 Å². The number of aliphatic carboxylic acids is 2. The van der Waals surface area contributed by atoms with E-state index < -0.39 is 59.8 Å². The minimum atomic E-state index is -1.48. The Morgan fingerprint density at radius 2 is 1.02 bits per heavy atom. The number of nitrogens with one attached hydrogen (secondary N) is 1. The van der Waals surface area contributed by atoms with Crippen LogP contribution in [0.2, 0.25) is 0 Å². The van der Waals surface area contributed by atoms with Crippen LogP contribution in [0.4, 0.5) is 22.7 Å². The Labute approximate surface area is 976 Å². The summed E-state index contributed by atoms with van der Waals surface area (Å²) in [5.41, 5.74) is 13.9. The first-order valence-corrected chi connectivity index (χ1v) is 45.2. The van der Waals surface area contributed by atoms with Crippen LogP contribution in [-0.2, 0) is 121 Å². The number of carbonyl (C=O) groups excluding carboxylic acids is 10. The predicted molar refractivity (Wildman–Crippen MR) is 536 cm³/mol. The Kier molecular flexibility index (Phi) is 80.3. The molecule has 4 N–H and O–H groups in total. The zero-order valence-corrected chi connectivity index (χ0v) is 97.9. The molecule has 0 atom stereocenters. The van der Waals surface area contributed by atoms with E-state index in [4.69, 9.17) is 59.1 Å². The summed E-state index contributed by atoms with van der Waals surface area (Å²) in [5.74, 6) is -6.15. The number of thioether (sulfide) groups is 3. The SMILES string of the molecule is COC(=O)CBr.COC(=O)CN/C(S)=C(/C#N)C(=O)OC.COC(=O)CN1C(=O)CS/C1=C(\C#N)C(=O)OC.COC(=O)CSC#N.COc1ccc2c(c1)CCN2c1ccc(C)cc1.Cc1ccc(I)cc1.Cc1ccc(N2CCc3ccccc32)cc1.Cl.N#C/C(C(=O)O)=C1\SCC(=O)N1CC(=O)O.O=CO[O-].Oc1ccc(I)cc1.[2H-].[2H][B].[C-]#[N+]CC(=O)OC.[H-].[K+].[K+].[U].c1ccc2c(c1)CCC2. The monoisotopic (exact) mass is 2560 g/mol. The number of benzene rings is 7. The zero-order valence-electron chi connectivity index (χ0n) is 80.4. The van der Waals surface area contributed by atoms with E-state index in [1.165, 1.54) is 115 Å². The number of nitriles is 4. The number of hydrogen-bond donors (Lipinski definition) is 5. The molecule has 0 aromatic heterocycles. The van der Waals surface area contributed by atoms with E-state index in [-0.39, 0.29) is 242 Å². The number of nitrogens with zero attached hydrogens (tertiary/aromatic N) is 9. The molecule has 726 valence electrons. The third kappa shape index (κ3) is 54.7. The standard InChI is InChI=1S/C16H17NO.C15H15N.C10H10N2O5S.C9H10.C8H6N2O5S.C8H10N2O4S.C7H7I.C6H5IO.C4H5NO2S.C4H5NO2.C3H5BrO2.CH2O3.BH.ClH.2K.U.2H/c1-12-3-5-14(6-4-12)17-10-9-13-11-15(18-2)7-8-16(13)17;1-12-6-8-14(9-7-12)16-11-10-13-4-2-3-5-15(13)16;1-16-8(14)4-12-7(13)5-18-9(12)6(3-11)10(15)17-2;1-2-5-9-7-3-6-8(9)4-1;9-1-4(8(14)15)7-10(2-6(12)13)5(11)3-16-7;1-13-6(11)4-10-7(15)5(3-9)8(12)14-2;1-6-2-4-7(8)5-3-6;7-5-1-3-6(8)4-2-5;1-7-4(6)2-8-3-5;1-5-3-4(6)7-2;1-6-3(5)2-4;2-1-4-3;;;;;;;/h3-8,11H,9-10H2,1-2H3;2-9H,10-11H2,1H3;4-5H2,1-2H3;1-2,4-5H,3,6-7H2;2-3H2,(H,12,13)(H,14,15);10,15H,4H2,1-2H3;2-5H,1H3;1-4,8H;2H2,1H3;3H2,2H3;2H2,1H3;1,3H;2*1H;;;;;/q;;;;;;;;;;;;;;2*+1;;2*-1/p-1/b;;9-6+;;7-4+;7-5+;;;;;;;;;;;;;/i;;;;;;;;;;;;1D;;;;;1+1;. The first kappa shape index (κ1) is 136. The van der Waals surface area contributed by atoms with Crippen molar-refractivity contribution < 1.29 is 258 Å². The van der Waals surface area contributed by atoms with Crippen molar-refractivity contribution in [2.24, 2.45) is 0 Å². The second-order valence-corrected chi connectivity index (χ2v) is 32.1. The van der Waals surface area contributed by atoms with Crippen molar-refractivity contribution in [1.82, 2.24) is 15.1 Å². The molecule has 7 aromatic carbocycles. The summed E-state index contributed by atoms with van der Waals surface area (Å²) in [5, 5.41) is 72.9. The van der Waals surface area contributed by atoms with Gasteiger partial charge in [-0.25, -0.2) is 25.8 Å². The molecule has 138 heavy (non-hydrogen) atoms. The number of para-hydroxylation sites is 1. The predicted octanol–water partition coefficient (Wildman–Crippen LogP) is 6.30. The Hall–Kier alpha value is -8.17. The van der Waals surface area contributed by atoms with Crippen LogP contribution in [0.3, 0.4) is 0 Å². The number of esters is 7. The Balaban J connectivity index is -0.000000282. The number of fused-ring (bicyclic) bond motifs is 3. The van der Waals surface area contributed by atoms with Gasteiger partial charge in [-0.1, -0.05) is 135 Å². The number of carbonyl (C=O) groups is 12. The fraction of sp³-hybridized carbons (Fsp3) is 0.286. The van der Waals surface area contributed by atoms with Crippen LogP contribution in [0.5, 0.6) is 11.5 Å². The minimum absolute atomic E-state index is 0. The van der Waals surface area contributed by atoms with Crippen LogP contribution in [0.15, 0.2) is 196 Å². The second-order valence-electron chi connectivity index (χ2n) is 25.9. The number of halogens is 4. The van der Waals surface area contributed by atoms with Gasteiger partial charge in [0.05, 0.1) is 73.4 Å². The third-order valence-corrected chi connectivity index (χ3v) is 22.1. The average Bonchev–Trinajstić information content (AvgIpc) is 1.66. The molecule has 12 rings (SSSR count). The average molecular weight is 2560 g/mol. The molecule has 7 aromatic rings. The number of phenols is 1. The van der Waals surface area contributed by atoms with E-state index >= 15 is 0 Å². The number of amides is 2. The maximum Gasteiger partial charge on any atom is 1.00 e. The number of methoxy groups -OCH3 is 8. The summed E-state index contributed by atoms with van der Waals surface area (Å²) in [4.78, 5) is 139. The largest absolute Gasteiger partial charge is 1.00 e. The Bertz CT molecular complexity index is 5300. The third-order valence-electron chi connectivity index (χ3n) is 17.1. The molecule has 4 aliphatic heterocycles. The smallest absolute Gasteiger partial charge is 1.00 e. The maximum atomic E-state index is 11.6. The van der Waals surface area contributed by atoms with Crippen LogP contribution < -0.4 is 128 Å². The molecular weight excluding hydrogens is 2460 g/mol. The number of aryl methyl sites for hydroxylation is 5. The number of carboxylic acid groups (broad SMARTS) is 2. The van der Waals surface area contributed by atoms with Crippen LogP contribution in [0.25, 0.3) is 4.85 Å². The van der Waals surface area contributed by atoms with E-state index in [2.05, 4.69) is 294 Å². The van der Waals surface area contributed by atoms with Crippen LogP contribution >= 0.6 is 121 Å². The van der Waals surface area contributed by atoms with Crippen molar-refractivity contribution in [1.29, 1.82) is 22.4 Å². The van der Waals surface area contributed by atoms with Crippen molar-refractivity contribution >= 4 is 225 Å². The quantitative estimate of drug-likeness (QED) is 0.00502. The molecule has 2 amide bonds. The number of phenolic OH excluding ortho intramolecular Hbond substituents is 1. The molecule has 2 radical (unpaired) electrons. The van der Waals surface area contributed by atoms with Crippen molar-refractivity contribution in [2.45, 2.75) is 52.9 Å². The Morgan fingerprint density at radius 1 is 0.601 bits per heavy atom. The molecule has 5 aliphatic rings. The molecule has 4 heterocycles. The van der Waals surface area contributed by atoms with Crippen molar-refractivity contribution in [3.8, 4) is 35.1 Å². The molecule has 0 unspecified atom stereocenters. The molecule has 0 spiro atoms. The Morgan fingerprint density at radius 3 is 1.39 bits per heavy atom. The molecule has 2 saturated heterocycles. The van der Waals surface area contributed by atoms with E-state index in [0.29, 0.717) is 5.75 Å². The molecule has 0 saturated carbocycles. The van der Waals surface area contributed by atoms with Gasteiger partial charge in [0.1, 0.15) is 75.9 Å². The molecule has 2 fully saturated rings. The van der Waals surface area contributed by atoms with Gasteiger partial charge in [0.25, 0.3) is 6.47 Å². The number of carboxylic acids is 2. The number of rotatable bonds is 18. The summed E-state index contributed by atoms with van der Waals surface area (Å²) < 4.78 is 43.1. The molecule has 1 aliphatic carbocycles. The summed E-state index contributed by atoms with van der Waals surface area (Å²) in [6.07, 6.45) is 6.20. The summed E-state index contributed by atoms with van der Waals surface area (Å²) in [6, 6.07) is 61.4. The number of aromatic hydroxyl groups is 1. The molecule has 0 bridgehead atoms. The van der Waals surface area contributed by atoms with Gasteiger partial charge in [-0.05, 0) is 218 Å². The van der Waals surface area contributed by atoms with Gasteiger partial charge in [0, 0.05) is 82.5 Å². The summed E-state index contributed by atoms with van der Waals surface area (Å²) in [6.45, 7) is 13.1. The summed E-state index contributed by atoms with van der Waals surface area (Å²) >= 11 is 14.0. The second kappa shape index (κ2) is 81.4. The van der Waals surface area contributed by atoms with Crippen LogP contribution in [0, 0.1) is 110 Å². The van der Waals surface area contributed by atoms with E-state index in [9.17, 15) is 52.7 Å². The summed E-state index contributed by atoms with van der Waals surface area (Å²) in [7, 11) is 14.0. The normalized spacial score (nSPS) is 12.3. The molecular formula is C91H100BBrClI2K2N10O25S4U-. The number of thiol groups is 1. The van der Waals surface area contributed by atoms with Gasteiger partial charge >= 0.3 is 163 Å². The minimum Gasteiger partial charge on any atom is -1.00 e. The van der Waals surface area contributed by atoms with Crippen molar-refractivity contribution in [2.75, 3.05) is 129 Å². The van der Waals surface area contributed by atoms with Gasteiger partial charge in [-0.15, -0.1) is 25.0 Å². The maximum absolute atomic E-state index is 11.6. The number of ether oxygens (including phenoxy) is 8. The van der Waals surface area contributed by atoms with E-state index in [1.54, 1.807) is 47.9 Å². The number of anilines is 4. The van der Waals surface area contributed by atoms with E-state index in [1.807, 2.05) is 18.2 Å². The van der Waals surface area contributed by atoms with Gasteiger partial charge < -0.3 is 86.2 Å². The first-order valence-electron chi connectivity index (χ1n) is 39.1.